The van der Waals surface area contributed by atoms with Gasteiger partial charge in [-0.2, -0.15) is 0 Å². The smallest absolute Gasteiger partial charge is 0.337 e. The molecule has 7 heteroatoms. The summed E-state index contributed by atoms with van der Waals surface area (Å²) in [5.41, 5.74) is 1.42. The largest absolute Gasteiger partial charge is 0.465 e. The van der Waals surface area contributed by atoms with Crippen molar-refractivity contribution in [3.05, 3.63) is 59.4 Å². The molecule has 0 spiro atoms. The molecule has 0 unspecified atom stereocenters. The van der Waals surface area contributed by atoms with Crippen molar-refractivity contribution in [3.8, 4) is 0 Å². The number of carbonyl (C=O) groups excluding carboxylic acids is 3. The van der Waals surface area contributed by atoms with Crippen molar-refractivity contribution in [2.24, 2.45) is 0 Å². The Morgan fingerprint density at radius 1 is 1.04 bits per heavy atom. The molecule has 0 aliphatic carbocycles. The van der Waals surface area contributed by atoms with Gasteiger partial charge in [0.05, 0.1) is 12.7 Å². The zero-order chi connectivity index (χ0) is 18.9. The maximum absolute atomic E-state index is 12.4. The lowest BCUT2D eigenvalue weighted by atomic mass is 10.1. The number of methoxy groups -OCH3 is 1. The predicted octanol–water partition coefficient (Wildman–Crippen LogP) is 2.65. The van der Waals surface area contributed by atoms with Gasteiger partial charge in [0.25, 0.3) is 11.8 Å². The Labute approximate surface area is 151 Å². The average Bonchev–Trinajstić information content (AvgIpc) is 2.68. The lowest BCUT2D eigenvalue weighted by Crippen LogP contribution is -2.25. The van der Waals surface area contributed by atoms with Gasteiger partial charge in [0.15, 0.2) is 0 Å². The van der Waals surface area contributed by atoms with Crippen LogP contribution in [0.3, 0.4) is 0 Å². The molecule has 2 rings (SSSR count). The van der Waals surface area contributed by atoms with Crippen LogP contribution in [0.1, 0.15) is 51.0 Å². The van der Waals surface area contributed by atoms with Crippen LogP contribution in [-0.2, 0) is 4.74 Å². The number of pyridine rings is 1. The summed E-state index contributed by atoms with van der Waals surface area (Å²) in [6.45, 7) is 2.60. The first-order chi connectivity index (χ1) is 12.5. The molecule has 0 fully saturated rings. The Kier molecular flexibility index (Phi) is 6.84. The molecule has 0 saturated heterocycles. The number of nitrogens with zero attached hydrogens (tertiary/aromatic N) is 1. The second-order valence-corrected chi connectivity index (χ2v) is 5.56. The number of unbranched alkanes of at least 4 members (excludes halogenated alkanes) is 1. The number of anilines is 1. The van der Waals surface area contributed by atoms with E-state index in [0.29, 0.717) is 23.4 Å². The van der Waals surface area contributed by atoms with E-state index >= 15 is 0 Å². The van der Waals surface area contributed by atoms with Crippen LogP contribution < -0.4 is 10.6 Å². The maximum Gasteiger partial charge on any atom is 0.337 e. The van der Waals surface area contributed by atoms with Gasteiger partial charge in [0, 0.05) is 24.0 Å². The molecule has 136 valence electrons. The van der Waals surface area contributed by atoms with E-state index in [9.17, 15) is 14.4 Å². The summed E-state index contributed by atoms with van der Waals surface area (Å²) < 4.78 is 4.63. The van der Waals surface area contributed by atoms with Crippen molar-refractivity contribution in [1.29, 1.82) is 0 Å². The highest BCUT2D eigenvalue weighted by Gasteiger charge is 2.12. The number of hydrogen-bond acceptors (Lipinski definition) is 5. The number of hydrogen-bond donors (Lipinski definition) is 2. The fourth-order valence-corrected chi connectivity index (χ4v) is 2.18. The first kappa shape index (κ1) is 19.1. The lowest BCUT2D eigenvalue weighted by molar-refractivity contribution is 0.0600. The highest BCUT2D eigenvalue weighted by molar-refractivity contribution is 6.05. The topological polar surface area (TPSA) is 97.4 Å². The molecule has 26 heavy (non-hydrogen) atoms. The average molecular weight is 355 g/mol. The number of nitrogens with one attached hydrogen (secondary N) is 2. The summed E-state index contributed by atoms with van der Waals surface area (Å²) >= 11 is 0. The second-order valence-electron chi connectivity index (χ2n) is 5.56. The van der Waals surface area contributed by atoms with Crippen molar-refractivity contribution in [3.63, 3.8) is 0 Å². The van der Waals surface area contributed by atoms with Crippen LogP contribution in [0.2, 0.25) is 0 Å². The van der Waals surface area contributed by atoms with Gasteiger partial charge in [-0.1, -0.05) is 13.3 Å². The fraction of sp³-hybridized carbons (Fsp3) is 0.263. The van der Waals surface area contributed by atoms with E-state index in [-0.39, 0.29) is 17.5 Å². The second kappa shape index (κ2) is 9.31. The van der Waals surface area contributed by atoms with Gasteiger partial charge in [-0.3, -0.25) is 14.6 Å². The number of carbonyl (C=O) groups is 3. The molecule has 1 heterocycles. The summed E-state index contributed by atoms with van der Waals surface area (Å²) in [5, 5.41) is 5.47. The van der Waals surface area contributed by atoms with Crippen molar-refractivity contribution in [2.75, 3.05) is 19.0 Å². The Morgan fingerprint density at radius 3 is 2.42 bits per heavy atom. The van der Waals surface area contributed by atoms with E-state index in [0.717, 1.165) is 12.8 Å². The molecule has 7 nitrogen and oxygen atoms in total. The van der Waals surface area contributed by atoms with Crippen LogP contribution in [0.15, 0.2) is 42.6 Å². The molecule has 1 aromatic heterocycles. The van der Waals surface area contributed by atoms with Crippen molar-refractivity contribution >= 4 is 23.5 Å². The molecule has 2 aromatic rings. The minimum Gasteiger partial charge on any atom is -0.465 e. The molecule has 0 aliphatic rings. The maximum atomic E-state index is 12.4. The first-order valence-corrected chi connectivity index (χ1v) is 8.29. The lowest BCUT2D eigenvalue weighted by Gasteiger charge is -2.08. The number of esters is 1. The summed E-state index contributed by atoms with van der Waals surface area (Å²) in [6, 6.07) is 9.29. The van der Waals surface area contributed by atoms with Gasteiger partial charge in [0.2, 0.25) is 0 Å². The zero-order valence-corrected chi connectivity index (χ0v) is 14.7. The highest BCUT2D eigenvalue weighted by Crippen LogP contribution is 2.12. The molecule has 0 radical (unpaired) electrons. The van der Waals surface area contributed by atoms with Gasteiger partial charge in [-0.05, 0) is 42.8 Å². The Bertz CT molecular complexity index is 788. The van der Waals surface area contributed by atoms with Crippen LogP contribution in [0.5, 0.6) is 0 Å². The van der Waals surface area contributed by atoms with Gasteiger partial charge in [-0.15, -0.1) is 0 Å². The molecular formula is C19H21N3O4. The summed E-state index contributed by atoms with van der Waals surface area (Å²) in [4.78, 5) is 39.8. The van der Waals surface area contributed by atoms with E-state index in [4.69, 9.17) is 0 Å². The molecule has 2 N–H and O–H groups in total. The van der Waals surface area contributed by atoms with Crippen LogP contribution in [0, 0.1) is 0 Å². The molecule has 0 saturated carbocycles. The van der Waals surface area contributed by atoms with Crippen LogP contribution in [0.25, 0.3) is 0 Å². The summed E-state index contributed by atoms with van der Waals surface area (Å²) in [7, 11) is 1.30. The predicted molar refractivity (Wildman–Crippen MR) is 97.2 cm³/mol. The third-order valence-electron chi connectivity index (χ3n) is 3.63. The van der Waals surface area contributed by atoms with Crippen molar-refractivity contribution in [2.45, 2.75) is 19.8 Å². The Morgan fingerprint density at radius 2 is 1.77 bits per heavy atom. The van der Waals surface area contributed by atoms with E-state index in [1.54, 1.807) is 24.3 Å². The van der Waals surface area contributed by atoms with E-state index in [2.05, 4.69) is 20.4 Å². The molecule has 2 amide bonds. The van der Waals surface area contributed by atoms with E-state index in [1.165, 1.54) is 25.4 Å². The minimum absolute atomic E-state index is 0.190. The number of benzene rings is 1. The van der Waals surface area contributed by atoms with Crippen LogP contribution in [-0.4, -0.2) is 36.4 Å². The van der Waals surface area contributed by atoms with E-state index < -0.39 is 5.97 Å². The SMILES string of the molecule is CCCCNC(=O)c1cc(C(=O)Nc2ccc(C(=O)OC)cc2)ccn1. The molecular weight excluding hydrogens is 334 g/mol. The van der Waals surface area contributed by atoms with Crippen molar-refractivity contribution < 1.29 is 19.1 Å². The highest BCUT2D eigenvalue weighted by atomic mass is 16.5. The number of aromatic nitrogens is 1. The molecule has 1 aromatic carbocycles. The summed E-state index contributed by atoms with van der Waals surface area (Å²) in [5.74, 6) is -1.13. The zero-order valence-electron chi connectivity index (χ0n) is 14.7. The Hall–Kier alpha value is -3.22. The van der Waals surface area contributed by atoms with Crippen LogP contribution in [0.4, 0.5) is 5.69 Å². The van der Waals surface area contributed by atoms with Crippen LogP contribution >= 0.6 is 0 Å². The third kappa shape index (κ3) is 5.14. The minimum atomic E-state index is -0.448. The van der Waals surface area contributed by atoms with Gasteiger partial charge < -0.3 is 15.4 Å². The molecule has 0 bridgehead atoms. The monoisotopic (exact) mass is 355 g/mol. The van der Waals surface area contributed by atoms with E-state index in [1.807, 2.05) is 6.92 Å². The van der Waals surface area contributed by atoms with Crippen molar-refractivity contribution in [1.82, 2.24) is 10.3 Å². The molecule has 0 atom stereocenters. The van der Waals surface area contributed by atoms with Gasteiger partial charge in [0.1, 0.15) is 5.69 Å². The molecule has 0 aliphatic heterocycles. The number of rotatable bonds is 7. The Balaban J connectivity index is 2.04. The quantitative estimate of drug-likeness (QED) is 0.588. The fourth-order valence-electron chi connectivity index (χ4n) is 2.18. The standard InChI is InChI=1S/C19H21N3O4/c1-3-4-10-21-18(24)16-12-14(9-11-20-16)17(23)22-15-7-5-13(6-8-15)19(25)26-2/h5-9,11-12H,3-4,10H2,1-2H3,(H,21,24)(H,22,23). The number of ether oxygens (including phenoxy) is 1. The summed E-state index contributed by atoms with van der Waals surface area (Å²) in [6.07, 6.45) is 3.28. The van der Waals surface area contributed by atoms with Gasteiger partial charge >= 0.3 is 5.97 Å². The van der Waals surface area contributed by atoms with Gasteiger partial charge in [-0.25, -0.2) is 4.79 Å². The first-order valence-electron chi connectivity index (χ1n) is 8.29. The normalized spacial score (nSPS) is 10.1. The number of amides is 2. The third-order valence-corrected chi connectivity index (χ3v) is 3.63.